The average Bonchev–Trinajstić information content (AvgIpc) is 3.75. The first-order valence-corrected chi connectivity index (χ1v) is 20.7. The van der Waals surface area contributed by atoms with Crippen LogP contribution in [0.4, 0.5) is 10.1 Å². The molecule has 0 radical (unpaired) electrons. The van der Waals surface area contributed by atoms with Gasteiger partial charge in [0.2, 0.25) is 11.8 Å². The fraction of sp³-hybridized carbons (Fsp3) is 0.500. The zero-order chi connectivity index (χ0) is 38.3. The van der Waals surface area contributed by atoms with E-state index in [1.54, 1.807) is 23.5 Å². The number of ether oxygens (including phenoxy) is 1. The molecule has 2 aromatic carbocycles. The summed E-state index contributed by atoms with van der Waals surface area (Å²) in [5.41, 5.74) is 2.80. The Balaban J connectivity index is 1.11. The van der Waals surface area contributed by atoms with E-state index in [0.717, 1.165) is 53.0 Å². The highest BCUT2D eigenvalue weighted by Crippen LogP contribution is 2.46. The van der Waals surface area contributed by atoms with E-state index in [1.165, 1.54) is 42.7 Å². The van der Waals surface area contributed by atoms with E-state index < -0.39 is 41.4 Å². The quantitative estimate of drug-likeness (QED) is 0.154. The minimum absolute atomic E-state index is 0.0208. The molecule has 2 saturated carbocycles. The van der Waals surface area contributed by atoms with Crippen molar-refractivity contribution in [3.05, 3.63) is 71.5 Å². The number of imidazole rings is 1. The van der Waals surface area contributed by atoms with Crippen LogP contribution in [-0.4, -0.2) is 72.6 Å². The van der Waals surface area contributed by atoms with E-state index in [2.05, 4.69) is 29.9 Å². The van der Waals surface area contributed by atoms with Gasteiger partial charge in [0.25, 0.3) is 6.01 Å². The Morgan fingerprint density at radius 1 is 1.07 bits per heavy atom. The number of benzene rings is 2. The van der Waals surface area contributed by atoms with Crippen LogP contribution in [-0.2, 0) is 14.4 Å². The molecule has 290 valence electrons. The first-order valence-electron chi connectivity index (χ1n) is 19.8. The van der Waals surface area contributed by atoms with Crippen molar-refractivity contribution in [2.45, 2.75) is 120 Å². The molecular weight excluding hydrogens is 720 g/mol. The minimum atomic E-state index is -1.42. The van der Waals surface area contributed by atoms with Gasteiger partial charge in [0.15, 0.2) is 0 Å². The summed E-state index contributed by atoms with van der Waals surface area (Å²) in [6.07, 6.45) is 12.3. The van der Waals surface area contributed by atoms with E-state index in [4.69, 9.17) is 14.7 Å². The number of aliphatic carboxylic acids is 1. The first kappa shape index (κ1) is 37.2. The third-order valence-corrected chi connectivity index (χ3v) is 12.7. The second kappa shape index (κ2) is 15.4. The average molecular weight is 769 g/mol. The highest BCUT2D eigenvalue weighted by Gasteiger charge is 2.61. The molecule has 4 aliphatic rings. The van der Waals surface area contributed by atoms with Crippen LogP contribution in [0.2, 0.25) is 0 Å². The van der Waals surface area contributed by atoms with Gasteiger partial charge in [-0.2, -0.15) is 4.98 Å². The van der Waals surface area contributed by atoms with Crippen LogP contribution in [0, 0.1) is 11.7 Å². The first-order chi connectivity index (χ1) is 26.6. The third kappa shape index (κ3) is 7.47. The van der Waals surface area contributed by atoms with Gasteiger partial charge in [-0.25, -0.2) is 14.2 Å². The Morgan fingerprint density at radius 3 is 2.65 bits per heavy atom. The largest absolute Gasteiger partial charge is 0.479 e. The van der Waals surface area contributed by atoms with Crippen molar-refractivity contribution < 1.29 is 28.6 Å². The topological polar surface area (TPSA) is 139 Å². The predicted octanol–water partition coefficient (Wildman–Crippen LogP) is 7.85. The Labute approximate surface area is 324 Å². The summed E-state index contributed by atoms with van der Waals surface area (Å²) < 4.78 is 23.0. The number of halogens is 1. The highest BCUT2D eigenvalue weighted by atomic mass is 32.1. The number of carbonyl (C=O) groups excluding carboxylic acids is 2. The maximum atomic E-state index is 14.6. The van der Waals surface area contributed by atoms with E-state index in [9.17, 15) is 23.9 Å². The summed E-state index contributed by atoms with van der Waals surface area (Å²) in [7, 11) is 0. The molecule has 2 aromatic heterocycles. The summed E-state index contributed by atoms with van der Waals surface area (Å²) in [6, 6.07) is 10.7. The SMILES string of the molecule is CC(C)n1c(OC2CC3C(=O)NC4(C(=O)O)CC4C=CCCCCCC(Nc4cccc(F)c4)C(=O)N3C2)nc2c(-c3nc(C4CCCC4)cs3)cccc21. The number of allylic oxidation sites excluding steroid dienone is 1. The number of carboxylic acid groups (broad SMARTS) is 1. The molecule has 13 heteroatoms. The van der Waals surface area contributed by atoms with Crippen LogP contribution >= 0.6 is 11.3 Å². The van der Waals surface area contributed by atoms with Gasteiger partial charge in [-0.15, -0.1) is 11.3 Å². The van der Waals surface area contributed by atoms with Crippen molar-refractivity contribution in [2.75, 3.05) is 11.9 Å². The van der Waals surface area contributed by atoms with E-state index in [1.807, 2.05) is 34.9 Å². The van der Waals surface area contributed by atoms with Crippen LogP contribution in [0.5, 0.6) is 6.01 Å². The Morgan fingerprint density at radius 2 is 1.87 bits per heavy atom. The summed E-state index contributed by atoms with van der Waals surface area (Å²) >= 11 is 1.63. The van der Waals surface area contributed by atoms with Gasteiger partial charge < -0.3 is 25.4 Å². The minimum Gasteiger partial charge on any atom is -0.479 e. The predicted molar refractivity (Wildman–Crippen MR) is 210 cm³/mol. The van der Waals surface area contributed by atoms with Crippen molar-refractivity contribution in [3.8, 4) is 16.6 Å². The standard InChI is InChI=1S/C42H49FN6O5S/c1-25(2)49-34-19-11-17-31(38-45-33(24-55-38)26-12-8-9-13-26)36(34)46-41(49)54-30-21-35-37(50)47-42(40(52)53)22-27(42)14-6-4-3-5-7-18-32(39(51)48(35)23-30)44-29-16-10-15-28(43)20-29/h6,10-11,14-17,19-20,24-27,30,32,35,44H,3-5,7-9,12-13,18,21-23H2,1-2H3,(H,47,50)(H,52,53). The second-order valence-electron chi connectivity index (χ2n) is 15.9. The number of carboxylic acids is 1. The van der Waals surface area contributed by atoms with Crippen LogP contribution in [0.1, 0.15) is 102 Å². The number of rotatable bonds is 8. The third-order valence-electron chi connectivity index (χ3n) is 11.8. The summed E-state index contributed by atoms with van der Waals surface area (Å²) in [6.45, 7) is 4.21. The zero-order valence-electron chi connectivity index (χ0n) is 31.4. The van der Waals surface area contributed by atoms with Crippen LogP contribution in [0.3, 0.4) is 0 Å². The van der Waals surface area contributed by atoms with Crippen LogP contribution in [0.15, 0.2) is 60.0 Å². The number of anilines is 1. The molecule has 4 aromatic rings. The van der Waals surface area contributed by atoms with Crippen molar-refractivity contribution in [2.24, 2.45) is 5.92 Å². The van der Waals surface area contributed by atoms with Gasteiger partial charge in [0, 0.05) is 40.9 Å². The van der Waals surface area contributed by atoms with Crippen molar-refractivity contribution in [3.63, 3.8) is 0 Å². The molecule has 2 aliphatic carbocycles. The smallest absolute Gasteiger partial charge is 0.330 e. The summed E-state index contributed by atoms with van der Waals surface area (Å²) in [4.78, 5) is 53.0. The lowest BCUT2D eigenvalue weighted by atomic mass is 10.0. The van der Waals surface area contributed by atoms with E-state index in [-0.39, 0.29) is 37.3 Å². The number of thiazole rings is 1. The van der Waals surface area contributed by atoms with Gasteiger partial charge in [0.1, 0.15) is 40.1 Å². The molecule has 5 unspecified atom stereocenters. The molecule has 3 N–H and O–H groups in total. The molecule has 0 spiro atoms. The second-order valence-corrected chi connectivity index (χ2v) is 16.8. The highest BCUT2D eigenvalue weighted by molar-refractivity contribution is 7.13. The lowest BCUT2D eigenvalue weighted by Gasteiger charge is -2.30. The fourth-order valence-electron chi connectivity index (χ4n) is 8.74. The number of fused-ring (bicyclic) bond motifs is 3. The van der Waals surface area contributed by atoms with E-state index in [0.29, 0.717) is 24.0 Å². The molecular formula is C42H49FN6O5S. The number of nitrogens with zero attached hydrogens (tertiary/aromatic N) is 4. The Kier molecular flexibility index (Phi) is 10.4. The van der Waals surface area contributed by atoms with Crippen LogP contribution in [0.25, 0.3) is 21.6 Å². The lowest BCUT2D eigenvalue weighted by Crippen LogP contribution is -2.55. The number of para-hydroxylation sites is 1. The van der Waals surface area contributed by atoms with Crippen molar-refractivity contribution >= 4 is 45.8 Å². The zero-order valence-corrected chi connectivity index (χ0v) is 32.2. The molecule has 0 bridgehead atoms. The fourth-order valence-corrected chi connectivity index (χ4v) is 9.67. The number of carbonyl (C=O) groups is 3. The molecule has 11 nitrogen and oxygen atoms in total. The Hall–Kier alpha value is -4.78. The van der Waals surface area contributed by atoms with Crippen molar-refractivity contribution in [1.82, 2.24) is 24.8 Å². The number of hydrogen-bond donors (Lipinski definition) is 3. The maximum Gasteiger partial charge on any atom is 0.330 e. The van der Waals surface area contributed by atoms with E-state index >= 15 is 0 Å². The normalized spacial score (nSPS) is 26.4. The monoisotopic (exact) mass is 768 g/mol. The molecule has 2 aliphatic heterocycles. The van der Waals surface area contributed by atoms with Gasteiger partial charge in [0.05, 0.1) is 17.8 Å². The summed E-state index contributed by atoms with van der Waals surface area (Å²) in [5, 5.41) is 19.5. The number of nitrogens with one attached hydrogen (secondary N) is 2. The maximum absolute atomic E-state index is 14.6. The molecule has 8 rings (SSSR count). The van der Waals surface area contributed by atoms with Gasteiger partial charge in [-0.05, 0) is 82.7 Å². The molecule has 4 heterocycles. The number of amides is 2. The molecule has 55 heavy (non-hydrogen) atoms. The Bertz CT molecular complexity index is 2110. The summed E-state index contributed by atoms with van der Waals surface area (Å²) in [5.74, 6) is -2.19. The van der Waals surface area contributed by atoms with Gasteiger partial charge >= 0.3 is 5.97 Å². The number of hydrogen-bond acceptors (Lipinski definition) is 8. The molecule has 1 saturated heterocycles. The number of aromatic nitrogens is 3. The van der Waals surface area contributed by atoms with Crippen LogP contribution < -0.4 is 15.4 Å². The van der Waals surface area contributed by atoms with Gasteiger partial charge in [-0.1, -0.05) is 50.0 Å². The molecule has 5 atom stereocenters. The molecule has 3 fully saturated rings. The molecule has 2 amide bonds. The van der Waals surface area contributed by atoms with Gasteiger partial charge in [-0.3, -0.25) is 14.2 Å². The lowest BCUT2D eigenvalue weighted by molar-refractivity contribution is -0.145. The van der Waals surface area contributed by atoms with Crippen molar-refractivity contribution in [1.29, 1.82) is 0 Å².